The summed E-state index contributed by atoms with van der Waals surface area (Å²) < 4.78 is 10.8. The highest BCUT2D eigenvalue weighted by atomic mass is 16.5. The molecular weight excluding hydrogens is 266 g/mol. The van der Waals surface area contributed by atoms with Gasteiger partial charge in [-0.2, -0.15) is 0 Å². The van der Waals surface area contributed by atoms with E-state index in [1.807, 2.05) is 26.0 Å². The molecule has 1 aromatic heterocycles. The van der Waals surface area contributed by atoms with E-state index < -0.39 is 5.97 Å². The lowest BCUT2D eigenvalue weighted by Gasteiger charge is -2.02. The Bertz CT molecular complexity index is 683. The number of ether oxygens (including phenoxy) is 1. The second-order valence-electron chi connectivity index (χ2n) is 5.55. The lowest BCUT2D eigenvalue weighted by Crippen LogP contribution is -2.05. The second-order valence-corrected chi connectivity index (χ2v) is 5.55. The number of rotatable bonds is 4. The molecule has 1 aliphatic carbocycles. The number of carbonyl (C=O) groups excluding carboxylic acids is 1. The third-order valence-electron chi connectivity index (χ3n) is 3.69. The number of nitrogens with zero attached hydrogens (tertiary/aromatic N) is 1. The largest absolute Gasteiger partial charge is 0.460 e. The molecule has 4 heteroatoms. The van der Waals surface area contributed by atoms with Crippen molar-refractivity contribution in [3.8, 4) is 11.5 Å². The fraction of sp³-hybridized carbons (Fsp3) is 0.412. The van der Waals surface area contributed by atoms with Crippen molar-refractivity contribution in [3.05, 3.63) is 40.8 Å². The zero-order valence-corrected chi connectivity index (χ0v) is 12.6. The Hall–Kier alpha value is -2.10. The van der Waals surface area contributed by atoms with Gasteiger partial charge in [0.1, 0.15) is 0 Å². The van der Waals surface area contributed by atoms with Crippen LogP contribution in [0.25, 0.3) is 11.5 Å². The van der Waals surface area contributed by atoms with Gasteiger partial charge in [-0.1, -0.05) is 17.7 Å². The van der Waals surface area contributed by atoms with Crippen molar-refractivity contribution in [1.82, 2.24) is 4.98 Å². The molecule has 0 radical (unpaired) electrons. The molecule has 0 aliphatic heterocycles. The van der Waals surface area contributed by atoms with Crippen molar-refractivity contribution in [2.45, 2.75) is 39.5 Å². The Labute approximate surface area is 124 Å². The molecule has 0 unspecified atom stereocenters. The lowest BCUT2D eigenvalue weighted by molar-refractivity contribution is 0.0489. The summed E-state index contributed by atoms with van der Waals surface area (Å²) in [5.74, 6) is 0.711. The molecule has 1 aromatic carbocycles. The van der Waals surface area contributed by atoms with Crippen LogP contribution in [0.3, 0.4) is 0 Å². The first-order valence-corrected chi connectivity index (χ1v) is 7.35. The number of hydrogen-bond donors (Lipinski definition) is 0. The molecule has 1 saturated carbocycles. The molecule has 4 nitrogen and oxygen atoms in total. The van der Waals surface area contributed by atoms with E-state index in [0.717, 1.165) is 29.7 Å². The molecule has 0 bridgehead atoms. The quantitative estimate of drug-likeness (QED) is 0.796. The van der Waals surface area contributed by atoms with Gasteiger partial charge in [0.2, 0.25) is 11.7 Å². The predicted molar refractivity (Wildman–Crippen MR) is 79.3 cm³/mol. The number of carbonyl (C=O) groups is 1. The van der Waals surface area contributed by atoms with Crippen LogP contribution in [0.1, 0.15) is 53.1 Å². The van der Waals surface area contributed by atoms with E-state index in [-0.39, 0.29) is 5.76 Å². The second kappa shape index (κ2) is 5.35. The van der Waals surface area contributed by atoms with E-state index in [1.165, 1.54) is 5.56 Å². The molecule has 0 saturated heterocycles. The Balaban J connectivity index is 2.03. The van der Waals surface area contributed by atoms with Gasteiger partial charge in [0, 0.05) is 11.5 Å². The van der Waals surface area contributed by atoms with E-state index in [1.54, 1.807) is 6.92 Å². The first kappa shape index (κ1) is 13.9. The molecule has 110 valence electrons. The standard InChI is InChI=1S/C17H19NO3/c1-4-20-17(19)15-14(12-6-7-12)18-16(21-15)13-8-5-10(2)9-11(13)3/h5,8-9,12H,4,6-7H2,1-3H3. The highest BCUT2D eigenvalue weighted by Gasteiger charge is 2.34. The van der Waals surface area contributed by atoms with Crippen molar-refractivity contribution in [2.24, 2.45) is 0 Å². The highest BCUT2D eigenvalue weighted by Crippen LogP contribution is 2.42. The van der Waals surface area contributed by atoms with Crippen LogP contribution in [0.5, 0.6) is 0 Å². The molecule has 21 heavy (non-hydrogen) atoms. The van der Waals surface area contributed by atoms with Gasteiger partial charge in [-0.15, -0.1) is 0 Å². The lowest BCUT2D eigenvalue weighted by atomic mass is 10.1. The Kier molecular flexibility index (Phi) is 3.53. The first-order chi connectivity index (χ1) is 10.1. The molecule has 3 rings (SSSR count). The summed E-state index contributed by atoms with van der Waals surface area (Å²) >= 11 is 0. The summed E-state index contributed by atoms with van der Waals surface area (Å²) in [6.07, 6.45) is 2.12. The Morgan fingerprint density at radius 3 is 2.76 bits per heavy atom. The predicted octanol–water partition coefficient (Wildman–Crippen LogP) is 4.01. The third kappa shape index (κ3) is 2.71. The van der Waals surface area contributed by atoms with Crippen LogP contribution in [0.15, 0.2) is 22.6 Å². The van der Waals surface area contributed by atoms with Crippen molar-refractivity contribution in [2.75, 3.05) is 6.61 Å². The zero-order valence-electron chi connectivity index (χ0n) is 12.6. The Morgan fingerprint density at radius 1 is 1.38 bits per heavy atom. The smallest absolute Gasteiger partial charge is 0.376 e. The molecule has 0 spiro atoms. The zero-order chi connectivity index (χ0) is 15.0. The maximum atomic E-state index is 12.0. The van der Waals surface area contributed by atoms with E-state index in [9.17, 15) is 4.79 Å². The summed E-state index contributed by atoms with van der Waals surface area (Å²) in [4.78, 5) is 16.6. The minimum atomic E-state index is -0.414. The number of aryl methyl sites for hydroxylation is 2. The van der Waals surface area contributed by atoms with Crippen LogP contribution in [-0.2, 0) is 4.74 Å². The van der Waals surface area contributed by atoms with Gasteiger partial charge >= 0.3 is 5.97 Å². The van der Waals surface area contributed by atoms with Crippen LogP contribution in [0.4, 0.5) is 0 Å². The molecule has 1 aliphatic rings. The minimum absolute atomic E-state index is 0.273. The number of aromatic nitrogens is 1. The van der Waals surface area contributed by atoms with Gasteiger partial charge in [-0.3, -0.25) is 0 Å². The third-order valence-corrected chi connectivity index (χ3v) is 3.69. The molecule has 0 N–H and O–H groups in total. The van der Waals surface area contributed by atoms with Crippen molar-refractivity contribution >= 4 is 5.97 Å². The van der Waals surface area contributed by atoms with Gasteiger partial charge in [0.15, 0.2) is 0 Å². The summed E-state index contributed by atoms with van der Waals surface area (Å²) in [6.45, 7) is 6.19. The molecule has 1 fully saturated rings. The van der Waals surface area contributed by atoms with Crippen molar-refractivity contribution in [1.29, 1.82) is 0 Å². The summed E-state index contributed by atoms with van der Waals surface area (Å²) in [6, 6.07) is 6.09. The topological polar surface area (TPSA) is 52.3 Å². The number of hydrogen-bond acceptors (Lipinski definition) is 4. The average molecular weight is 285 g/mol. The van der Waals surface area contributed by atoms with Gasteiger partial charge in [-0.05, 0) is 45.2 Å². The average Bonchev–Trinajstić information content (AvgIpc) is 3.19. The van der Waals surface area contributed by atoms with E-state index in [2.05, 4.69) is 11.1 Å². The van der Waals surface area contributed by atoms with Crippen LogP contribution < -0.4 is 0 Å². The van der Waals surface area contributed by atoms with E-state index >= 15 is 0 Å². The normalized spacial score (nSPS) is 14.2. The summed E-state index contributed by atoms with van der Waals surface area (Å²) in [5.41, 5.74) is 3.96. The fourth-order valence-electron chi connectivity index (χ4n) is 2.48. The summed E-state index contributed by atoms with van der Waals surface area (Å²) in [7, 11) is 0. The van der Waals surface area contributed by atoms with Crippen LogP contribution in [0, 0.1) is 13.8 Å². The van der Waals surface area contributed by atoms with Gasteiger partial charge in [0.25, 0.3) is 0 Å². The van der Waals surface area contributed by atoms with Gasteiger partial charge < -0.3 is 9.15 Å². The van der Waals surface area contributed by atoms with Gasteiger partial charge in [-0.25, -0.2) is 9.78 Å². The van der Waals surface area contributed by atoms with Crippen molar-refractivity contribution in [3.63, 3.8) is 0 Å². The van der Waals surface area contributed by atoms with E-state index in [0.29, 0.717) is 18.4 Å². The number of oxazole rings is 1. The van der Waals surface area contributed by atoms with Gasteiger partial charge in [0.05, 0.1) is 12.3 Å². The van der Waals surface area contributed by atoms with Crippen molar-refractivity contribution < 1.29 is 13.9 Å². The monoisotopic (exact) mass is 285 g/mol. The number of esters is 1. The maximum Gasteiger partial charge on any atom is 0.376 e. The molecule has 2 aromatic rings. The summed E-state index contributed by atoms with van der Waals surface area (Å²) in [5, 5.41) is 0. The highest BCUT2D eigenvalue weighted by molar-refractivity contribution is 5.88. The SMILES string of the molecule is CCOC(=O)c1oc(-c2ccc(C)cc2C)nc1C1CC1. The fourth-order valence-corrected chi connectivity index (χ4v) is 2.48. The minimum Gasteiger partial charge on any atom is -0.460 e. The van der Waals surface area contributed by atoms with Crippen LogP contribution in [0.2, 0.25) is 0 Å². The number of benzene rings is 1. The Morgan fingerprint density at radius 2 is 2.14 bits per heavy atom. The molecular formula is C17H19NO3. The molecule has 0 amide bonds. The first-order valence-electron chi connectivity index (χ1n) is 7.35. The maximum absolute atomic E-state index is 12.0. The van der Waals surface area contributed by atoms with Crippen LogP contribution in [-0.4, -0.2) is 17.6 Å². The van der Waals surface area contributed by atoms with E-state index in [4.69, 9.17) is 9.15 Å². The van der Waals surface area contributed by atoms with Crippen LogP contribution >= 0.6 is 0 Å². The molecule has 1 heterocycles. The molecule has 0 atom stereocenters.